The van der Waals surface area contributed by atoms with Gasteiger partial charge in [-0.15, -0.1) is 0 Å². The number of benzene rings is 2. The van der Waals surface area contributed by atoms with Crippen LogP contribution >= 0.6 is 0 Å². The quantitative estimate of drug-likeness (QED) is 0.887. The fourth-order valence-corrected chi connectivity index (χ4v) is 2.11. The molecule has 0 bridgehead atoms. The molecular formula is C19H22N2O3. The smallest absolute Gasteiger partial charge is 0.253 e. The number of aryl methyl sites for hydroxylation is 1. The third-order valence-electron chi connectivity index (χ3n) is 3.42. The van der Waals surface area contributed by atoms with E-state index in [-0.39, 0.29) is 18.2 Å². The Kier molecular flexibility index (Phi) is 5.95. The van der Waals surface area contributed by atoms with Crippen molar-refractivity contribution in [1.29, 1.82) is 0 Å². The van der Waals surface area contributed by atoms with Gasteiger partial charge in [-0.3, -0.25) is 9.59 Å². The molecule has 0 aromatic heterocycles. The van der Waals surface area contributed by atoms with Crippen LogP contribution in [0.25, 0.3) is 0 Å². The van der Waals surface area contributed by atoms with E-state index in [2.05, 4.69) is 5.32 Å². The first-order chi connectivity index (χ1) is 11.5. The van der Waals surface area contributed by atoms with E-state index in [1.807, 2.05) is 31.2 Å². The van der Waals surface area contributed by atoms with Gasteiger partial charge in [-0.1, -0.05) is 23.8 Å². The molecule has 0 atom stereocenters. The second-order valence-corrected chi connectivity index (χ2v) is 5.74. The van der Waals surface area contributed by atoms with E-state index in [1.165, 1.54) is 4.90 Å². The van der Waals surface area contributed by atoms with Crippen molar-refractivity contribution >= 4 is 17.5 Å². The first-order valence-corrected chi connectivity index (χ1v) is 7.77. The van der Waals surface area contributed by atoms with Gasteiger partial charge in [-0.25, -0.2) is 0 Å². The SMILES string of the molecule is Cc1ccc(OCCC(=O)Nc2cccc(C(=O)N(C)C)c2)cc1. The number of amides is 2. The zero-order valence-electron chi connectivity index (χ0n) is 14.2. The van der Waals surface area contributed by atoms with Crippen molar-refractivity contribution in [3.8, 4) is 5.75 Å². The minimum absolute atomic E-state index is 0.103. The monoisotopic (exact) mass is 326 g/mol. The van der Waals surface area contributed by atoms with E-state index >= 15 is 0 Å². The highest BCUT2D eigenvalue weighted by atomic mass is 16.5. The summed E-state index contributed by atoms with van der Waals surface area (Å²) in [5, 5.41) is 2.78. The van der Waals surface area contributed by atoms with E-state index < -0.39 is 0 Å². The number of hydrogen-bond donors (Lipinski definition) is 1. The number of anilines is 1. The molecule has 5 heteroatoms. The maximum atomic E-state index is 12.0. The molecule has 0 unspecified atom stereocenters. The molecule has 126 valence electrons. The van der Waals surface area contributed by atoms with Crippen LogP contribution in [0.4, 0.5) is 5.69 Å². The van der Waals surface area contributed by atoms with Crippen molar-refractivity contribution in [1.82, 2.24) is 4.90 Å². The van der Waals surface area contributed by atoms with Gasteiger partial charge in [0.25, 0.3) is 5.91 Å². The number of rotatable bonds is 6. The Morgan fingerprint density at radius 1 is 1.08 bits per heavy atom. The zero-order chi connectivity index (χ0) is 17.5. The van der Waals surface area contributed by atoms with Crippen LogP contribution in [0.15, 0.2) is 48.5 Å². The zero-order valence-corrected chi connectivity index (χ0v) is 14.2. The van der Waals surface area contributed by atoms with Crippen molar-refractivity contribution in [2.45, 2.75) is 13.3 Å². The Balaban J connectivity index is 1.85. The Morgan fingerprint density at radius 2 is 1.79 bits per heavy atom. The molecule has 2 aromatic carbocycles. The minimum Gasteiger partial charge on any atom is -0.493 e. The van der Waals surface area contributed by atoms with E-state index in [0.29, 0.717) is 17.9 Å². The highest BCUT2D eigenvalue weighted by Gasteiger charge is 2.09. The number of carbonyl (C=O) groups excluding carboxylic acids is 2. The highest BCUT2D eigenvalue weighted by molar-refractivity contribution is 5.97. The number of ether oxygens (including phenoxy) is 1. The number of carbonyl (C=O) groups is 2. The predicted molar refractivity (Wildman–Crippen MR) is 94.4 cm³/mol. The minimum atomic E-state index is -0.156. The molecule has 0 saturated carbocycles. The Morgan fingerprint density at radius 3 is 2.46 bits per heavy atom. The van der Waals surface area contributed by atoms with E-state index in [9.17, 15) is 9.59 Å². The predicted octanol–water partition coefficient (Wildman–Crippen LogP) is 3.10. The molecule has 0 aliphatic carbocycles. The normalized spacial score (nSPS) is 10.1. The van der Waals surface area contributed by atoms with Crippen LogP contribution in [-0.4, -0.2) is 37.4 Å². The summed E-state index contributed by atoms with van der Waals surface area (Å²) < 4.78 is 5.54. The molecule has 1 N–H and O–H groups in total. The molecule has 0 fully saturated rings. The van der Waals surface area contributed by atoms with Crippen LogP contribution in [0.1, 0.15) is 22.3 Å². The summed E-state index contributed by atoms with van der Waals surface area (Å²) in [5.41, 5.74) is 2.30. The highest BCUT2D eigenvalue weighted by Crippen LogP contribution is 2.14. The number of hydrogen-bond acceptors (Lipinski definition) is 3. The van der Waals surface area contributed by atoms with Gasteiger partial charge in [0.1, 0.15) is 5.75 Å². The van der Waals surface area contributed by atoms with Crippen molar-refractivity contribution < 1.29 is 14.3 Å². The van der Waals surface area contributed by atoms with Crippen LogP contribution in [0.5, 0.6) is 5.75 Å². The first-order valence-electron chi connectivity index (χ1n) is 7.77. The molecule has 2 rings (SSSR count). The molecule has 2 amide bonds. The summed E-state index contributed by atoms with van der Waals surface area (Å²) in [5.74, 6) is 0.484. The molecule has 0 saturated heterocycles. The first kappa shape index (κ1) is 17.5. The number of nitrogens with one attached hydrogen (secondary N) is 1. The van der Waals surface area contributed by atoms with Gasteiger partial charge >= 0.3 is 0 Å². The molecule has 2 aromatic rings. The largest absolute Gasteiger partial charge is 0.493 e. The lowest BCUT2D eigenvalue weighted by molar-refractivity contribution is -0.116. The maximum absolute atomic E-state index is 12.0. The number of nitrogens with zero attached hydrogens (tertiary/aromatic N) is 1. The van der Waals surface area contributed by atoms with Crippen molar-refractivity contribution in [2.24, 2.45) is 0 Å². The fraction of sp³-hybridized carbons (Fsp3) is 0.263. The van der Waals surface area contributed by atoms with Gasteiger partial charge in [-0.05, 0) is 37.3 Å². The summed E-state index contributed by atoms with van der Waals surface area (Å²) in [4.78, 5) is 25.4. The fourth-order valence-electron chi connectivity index (χ4n) is 2.11. The van der Waals surface area contributed by atoms with Crippen molar-refractivity contribution in [3.63, 3.8) is 0 Å². The Bertz CT molecular complexity index is 709. The maximum Gasteiger partial charge on any atom is 0.253 e. The molecule has 0 spiro atoms. The Hall–Kier alpha value is -2.82. The van der Waals surface area contributed by atoms with E-state index in [1.54, 1.807) is 38.4 Å². The molecule has 0 radical (unpaired) electrons. The Labute approximate surface area is 142 Å². The van der Waals surface area contributed by atoms with Gasteiger partial charge in [0.2, 0.25) is 5.91 Å². The topological polar surface area (TPSA) is 58.6 Å². The summed E-state index contributed by atoms with van der Waals surface area (Å²) in [6.45, 7) is 2.30. The molecular weight excluding hydrogens is 304 g/mol. The summed E-state index contributed by atoms with van der Waals surface area (Å²) in [6.07, 6.45) is 0.236. The van der Waals surface area contributed by atoms with E-state index in [0.717, 1.165) is 11.3 Å². The molecule has 5 nitrogen and oxygen atoms in total. The molecule has 24 heavy (non-hydrogen) atoms. The lowest BCUT2D eigenvalue weighted by Crippen LogP contribution is -2.22. The van der Waals surface area contributed by atoms with E-state index in [4.69, 9.17) is 4.74 Å². The van der Waals surface area contributed by atoms with Crippen LogP contribution in [0, 0.1) is 6.92 Å². The summed E-state index contributed by atoms with van der Waals surface area (Å²) in [7, 11) is 3.38. The van der Waals surface area contributed by atoms with Gasteiger partial charge in [0, 0.05) is 25.3 Å². The molecule has 0 heterocycles. The standard InChI is InChI=1S/C19H22N2O3/c1-14-7-9-17(10-8-14)24-12-11-18(22)20-16-6-4-5-15(13-16)19(23)21(2)3/h4-10,13H,11-12H2,1-3H3,(H,20,22). The van der Waals surface area contributed by atoms with Gasteiger partial charge in [0.05, 0.1) is 13.0 Å². The van der Waals surface area contributed by atoms with Crippen LogP contribution in [-0.2, 0) is 4.79 Å². The van der Waals surface area contributed by atoms with Gasteiger partial charge in [-0.2, -0.15) is 0 Å². The van der Waals surface area contributed by atoms with Crippen LogP contribution in [0.2, 0.25) is 0 Å². The lowest BCUT2D eigenvalue weighted by Gasteiger charge is -2.12. The summed E-state index contributed by atoms with van der Waals surface area (Å²) in [6, 6.07) is 14.6. The van der Waals surface area contributed by atoms with Crippen LogP contribution < -0.4 is 10.1 Å². The van der Waals surface area contributed by atoms with Crippen molar-refractivity contribution in [2.75, 3.05) is 26.0 Å². The average Bonchev–Trinajstić information content (AvgIpc) is 2.56. The second kappa shape index (κ2) is 8.15. The lowest BCUT2D eigenvalue weighted by atomic mass is 10.2. The summed E-state index contributed by atoms with van der Waals surface area (Å²) >= 11 is 0. The average molecular weight is 326 g/mol. The van der Waals surface area contributed by atoms with Crippen LogP contribution in [0.3, 0.4) is 0 Å². The third-order valence-corrected chi connectivity index (χ3v) is 3.42. The van der Waals surface area contributed by atoms with Crippen molar-refractivity contribution in [3.05, 3.63) is 59.7 Å². The van der Waals surface area contributed by atoms with Gasteiger partial charge < -0.3 is 15.0 Å². The second-order valence-electron chi connectivity index (χ2n) is 5.74. The molecule has 0 aliphatic heterocycles. The molecule has 0 aliphatic rings. The van der Waals surface area contributed by atoms with Gasteiger partial charge in [0.15, 0.2) is 0 Å². The third kappa shape index (κ3) is 5.12.